The molecule has 1 unspecified atom stereocenters. The van der Waals surface area contributed by atoms with Crippen LogP contribution in [0.3, 0.4) is 0 Å². The van der Waals surface area contributed by atoms with Crippen LogP contribution < -0.4 is 24.0 Å². The summed E-state index contributed by atoms with van der Waals surface area (Å²) in [6.07, 6.45) is 0. The average Bonchev–Trinajstić information content (AvgIpc) is 2.69. The number of alkyl halides is 2. The Balaban J connectivity index is 2.02. The van der Waals surface area contributed by atoms with Crippen LogP contribution in [0.4, 0.5) is 25.8 Å². The molecule has 7 nitrogen and oxygen atoms in total. The maximum atomic E-state index is 12.8. The predicted molar refractivity (Wildman–Crippen MR) is 104 cm³/mol. The van der Waals surface area contributed by atoms with Gasteiger partial charge in [0.2, 0.25) is 0 Å². The molecule has 1 atom stereocenters. The fraction of sp³-hybridized carbons (Fsp3) is 0.333. The van der Waals surface area contributed by atoms with Gasteiger partial charge in [-0.05, 0) is 24.3 Å². The number of methoxy groups -OCH3 is 1. The molecule has 2 aromatic carbocycles. The van der Waals surface area contributed by atoms with Gasteiger partial charge < -0.3 is 19.7 Å². The molecule has 0 bridgehead atoms. The van der Waals surface area contributed by atoms with Crippen LogP contribution in [0.5, 0.6) is 11.5 Å². The second-order valence-corrected chi connectivity index (χ2v) is 6.79. The van der Waals surface area contributed by atoms with Gasteiger partial charge in [-0.25, -0.2) is 8.51 Å². The van der Waals surface area contributed by atoms with Gasteiger partial charge >= 0.3 is 6.61 Å². The monoisotopic (exact) mass is 413 g/mol. The molecular weight excluding hydrogens is 392 g/mol. The number of anilines is 3. The van der Waals surface area contributed by atoms with Crippen LogP contribution in [0, 0.1) is 0 Å². The standard InChI is InChI=1S/C18H21F2N3O4S/c1-26-17-12-13(22-10-8-21-9-11-22)6-7-15(17)23(28(24)25)14-4-2-3-5-16(14)27-18(19)20/h2-7,12,18,21H,8-11H2,1H3,(H,24,25). The van der Waals surface area contributed by atoms with E-state index in [-0.39, 0.29) is 17.1 Å². The largest absolute Gasteiger partial charge is 0.494 e. The summed E-state index contributed by atoms with van der Waals surface area (Å²) in [5.41, 5.74) is 1.19. The summed E-state index contributed by atoms with van der Waals surface area (Å²) in [7, 11) is 1.44. The molecule has 10 heteroatoms. The van der Waals surface area contributed by atoms with Crippen molar-refractivity contribution in [2.45, 2.75) is 6.61 Å². The van der Waals surface area contributed by atoms with Crippen LogP contribution in [-0.4, -0.2) is 48.7 Å². The Hall–Kier alpha value is -2.43. The zero-order valence-electron chi connectivity index (χ0n) is 15.2. The van der Waals surface area contributed by atoms with E-state index in [0.717, 1.165) is 36.2 Å². The summed E-state index contributed by atoms with van der Waals surface area (Å²) in [5.74, 6) is 0.124. The van der Waals surface area contributed by atoms with Crippen LogP contribution in [-0.2, 0) is 11.3 Å². The molecule has 0 aliphatic carbocycles. The predicted octanol–water partition coefficient (Wildman–Crippen LogP) is 2.98. The first-order valence-electron chi connectivity index (χ1n) is 8.60. The summed E-state index contributed by atoms with van der Waals surface area (Å²) < 4.78 is 58.5. The van der Waals surface area contributed by atoms with Gasteiger partial charge in [0, 0.05) is 37.9 Å². The SMILES string of the molecule is COc1cc(N2CCNCC2)ccc1N(c1ccccc1OC(F)F)S(=O)O. The number of rotatable bonds is 7. The van der Waals surface area contributed by atoms with Crippen LogP contribution in [0.25, 0.3) is 0 Å². The van der Waals surface area contributed by atoms with Gasteiger partial charge in [0.25, 0.3) is 11.3 Å². The van der Waals surface area contributed by atoms with Crippen molar-refractivity contribution in [3.63, 3.8) is 0 Å². The number of ether oxygens (including phenoxy) is 2. The highest BCUT2D eigenvalue weighted by atomic mass is 32.2. The minimum atomic E-state index is -3.06. The lowest BCUT2D eigenvalue weighted by molar-refractivity contribution is -0.0494. The Bertz CT molecular complexity index is 834. The fourth-order valence-corrected chi connectivity index (χ4v) is 3.71. The number of hydrogen-bond acceptors (Lipinski definition) is 5. The zero-order chi connectivity index (χ0) is 20.1. The van der Waals surface area contributed by atoms with Gasteiger partial charge in [0.1, 0.15) is 5.75 Å². The number of nitrogens with zero attached hydrogens (tertiary/aromatic N) is 2. The lowest BCUT2D eigenvalue weighted by atomic mass is 10.2. The molecule has 3 rings (SSSR count). The van der Waals surface area contributed by atoms with Gasteiger partial charge in [-0.1, -0.05) is 12.1 Å². The summed E-state index contributed by atoms with van der Waals surface area (Å²) in [5, 5.41) is 3.27. The Kier molecular flexibility index (Phi) is 6.65. The normalized spacial score (nSPS) is 15.4. The minimum absolute atomic E-state index is 0.0249. The van der Waals surface area contributed by atoms with Gasteiger partial charge in [0.15, 0.2) is 5.75 Å². The molecule has 0 saturated carbocycles. The highest BCUT2D eigenvalue weighted by molar-refractivity contribution is 7.81. The molecule has 1 heterocycles. The van der Waals surface area contributed by atoms with E-state index in [1.54, 1.807) is 24.3 Å². The van der Waals surface area contributed by atoms with Crippen LogP contribution in [0.15, 0.2) is 42.5 Å². The molecule has 1 fully saturated rings. The van der Waals surface area contributed by atoms with Gasteiger partial charge in [0.05, 0.1) is 18.5 Å². The molecule has 2 aromatic rings. The number of piperazine rings is 1. The highest BCUT2D eigenvalue weighted by Gasteiger charge is 2.25. The summed E-state index contributed by atoms with van der Waals surface area (Å²) in [6, 6.07) is 11.0. The van der Waals surface area contributed by atoms with Crippen molar-refractivity contribution in [2.24, 2.45) is 0 Å². The van der Waals surface area contributed by atoms with E-state index in [9.17, 15) is 17.5 Å². The third kappa shape index (κ3) is 4.51. The Morgan fingerprint density at radius 2 is 1.82 bits per heavy atom. The van der Waals surface area contributed by atoms with Crippen molar-refractivity contribution in [2.75, 3.05) is 42.5 Å². The van der Waals surface area contributed by atoms with E-state index in [1.807, 2.05) is 0 Å². The first kappa shape index (κ1) is 20.3. The van der Waals surface area contributed by atoms with Crippen LogP contribution in [0.1, 0.15) is 0 Å². The maximum absolute atomic E-state index is 12.8. The zero-order valence-corrected chi connectivity index (χ0v) is 16.0. The maximum Gasteiger partial charge on any atom is 0.387 e. The number of hydrogen-bond donors (Lipinski definition) is 2. The van der Waals surface area contributed by atoms with Gasteiger partial charge in [-0.2, -0.15) is 8.78 Å². The minimum Gasteiger partial charge on any atom is -0.494 e. The average molecular weight is 413 g/mol. The Morgan fingerprint density at radius 1 is 1.14 bits per heavy atom. The van der Waals surface area contributed by atoms with E-state index < -0.39 is 17.9 Å². The van der Waals surface area contributed by atoms with E-state index in [0.29, 0.717) is 5.75 Å². The fourth-order valence-electron chi connectivity index (χ4n) is 3.07. The summed E-state index contributed by atoms with van der Waals surface area (Å²) in [4.78, 5) is 2.16. The molecule has 1 saturated heterocycles. The van der Waals surface area contributed by atoms with Gasteiger partial charge in [-0.15, -0.1) is 0 Å². The number of halogens is 2. The van der Waals surface area contributed by atoms with Crippen molar-refractivity contribution in [1.82, 2.24) is 5.32 Å². The lowest BCUT2D eigenvalue weighted by Gasteiger charge is -2.31. The van der Waals surface area contributed by atoms with Crippen LogP contribution in [0.2, 0.25) is 0 Å². The highest BCUT2D eigenvalue weighted by Crippen LogP contribution is 2.41. The molecule has 152 valence electrons. The molecular formula is C18H21F2N3O4S. The first-order valence-corrected chi connectivity index (χ1v) is 9.66. The van der Waals surface area contributed by atoms with E-state index in [4.69, 9.17) is 4.74 Å². The van der Waals surface area contributed by atoms with E-state index in [2.05, 4.69) is 15.0 Å². The third-order valence-corrected chi connectivity index (χ3v) is 5.03. The third-order valence-electron chi connectivity index (χ3n) is 4.32. The molecule has 0 radical (unpaired) electrons. The molecule has 0 amide bonds. The lowest BCUT2D eigenvalue weighted by Crippen LogP contribution is -2.43. The van der Waals surface area contributed by atoms with Crippen molar-refractivity contribution in [1.29, 1.82) is 0 Å². The summed E-state index contributed by atoms with van der Waals surface area (Å²) >= 11 is -2.55. The van der Waals surface area contributed by atoms with Crippen molar-refractivity contribution in [3.8, 4) is 11.5 Å². The first-order chi connectivity index (χ1) is 13.5. The molecule has 2 N–H and O–H groups in total. The molecule has 0 aromatic heterocycles. The molecule has 28 heavy (non-hydrogen) atoms. The molecule has 1 aliphatic rings. The van der Waals surface area contributed by atoms with Gasteiger partial charge in [-0.3, -0.25) is 4.55 Å². The molecule has 1 aliphatic heterocycles. The Morgan fingerprint density at radius 3 is 2.46 bits per heavy atom. The quantitative estimate of drug-likeness (QED) is 0.680. The second kappa shape index (κ2) is 9.18. The van der Waals surface area contributed by atoms with Crippen molar-refractivity contribution < 1.29 is 27.0 Å². The van der Waals surface area contributed by atoms with Crippen molar-refractivity contribution in [3.05, 3.63) is 42.5 Å². The van der Waals surface area contributed by atoms with Crippen molar-refractivity contribution >= 4 is 28.3 Å². The smallest absolute Gasteiger partial charge is 0.387 e. The van der Waals surface area contributed by atoms with E-state index >= 15 is 0 Å². The van der Waals surface area contributed by atoms with E-state index in [1.165, 1.54) is 25.3 Å². The number of nitrogens with one attached hydrogen (secondary N) is 1. The van der Waals surface area contributed by atoms with Crippen LogP contribution >= 0.6 is 0 Å². The summed E-state index contributed by atoms with van der Waals surface area (Å²) in [6.45, 7) is 0.295. The topological polar surface area (TPSA) is 74.3 Å². The number of benzene rings is 2. The number of para-hydroxylation sites is 2. The molecule has 0 spiro atoms. The Labute approximate surface area is 164 Å². The second-order valence-electron chi connectivity index (χ2n) is 5.96.